The molecule has 1 N–H and O–H groups in total. The van der Waals surface area contributed by atoms with Gasteiger partial charge >= 0.3 is 0 Å². The minimum Gasteiger partial charge on any atom is -0.348 e. The minimum atomic E-state index is -3.79. The van der Waals surface area contributed by atoms with E-state index < -0.39 is 10.0 Å². The van der Waals surface area contributed by atoms with Crippen LogP contribution in [0.25, 0.3) is 0 Å². The number of para-hydroxylation sites is 1. The summed E-state index contributed by atoms with van der Waals surface area (Å²) in [6, 6.07) is 20.7. The summed E-state index contributed by atoms with van der Waals surface area (Å²) in [5.74, 6) is -0.345. The summed E-state index contributed by atoms with van der Waals surface area (Å²) in [6.07, 6.45) is 0.662. The molecule has 154 valence electrons. The van der Waals surface area contributed by atoms with Crippen LogP contribution in [-0.4, -0.2) is 20.4 Å². The molecule has 7 heteroatoms. The van der Waals surface area contributed by atoms with Crippen molar-refractivity contribution < 1.29 is 13.2 Å². The summed E-state index contributed by atoms with van der Waals surface area (Å²) in [5.41, 5.74) is 2.85. The monoisotopic (exact) mass is 440 g/mol. The van der Waals surface area contributed by atoms with Gasteiger partial charge in [-0.25, -0.2) is 8.42 Å². The molecule has 0 saturated carbocycles. The maximum atomic E-state index is 13.4. The van der Waals surface area contributed by atoms with Crippen molar-refractivity contribution in [1.82, 2.24) is 5.32 Å². The molecule has 0 unspecified atom stereocenters. The third-order valence-electron chi connectivity index (χ3n) is 5.14. The average molecular weight is 441 g/mol. The number of rotatable bonds is 5. The molecule has 4 rings (SSSR count). The number of carbonyl (C=O) groups excluding carboxylic acids is 1. The number of nitrogens with one attached hydrogen (secondary N) is 1. The number of nitrogens with zero attached hydrogens (tertiary/aromatic N) is 1. The molecular formula is C23H21ClN2O3S. The van der Waals surface area contributed by atoms with Crippen molar-refractivity contribution in [3.63, 3.8) is 0 Å². The normalized spacial score (nSPS) is 15.7. The molecule has 0 aliphatic carbocycles. The number of carbonyl (C=O) groups is 1. The van der Waals surface area contributed by atoms with Gasteiger partial charge in [0.2, 0.25) is 0 Å². The van der Waals surface area contributed by atoms with Crippen molar-refractivity contribution in [3.8, 4) is 0 Å². The van der Waals surface area contributed by atoms with Crippen LogP contribution in [0.1, 0.15) is 28.4 Å². The smallest absolute Gasteiger partial charge is 0.264 e. The number of benzene rings is 3. The first-order chi connectivity index (χ1) is 14.4. The predicted molar refractivity (Wildman–Crippen MR) is 118 cm³/mol. The van der Waals surface area contributed by atoms with Crippen molar-refractivity contribution in [1.29, 1.82) is 0 Å². The molecule has 0 bridgehead atoms. The van der Waals surface area contributed by atoms with Crippen LogP contribution in [0.15, 0.2) is 77.7 Å². The van der Waals surface area contributed by atoms with E-state index in [0.29, 0.717) is 29.2 Å². The second-order valence-corrected chi connectivity index (χ2v) is 9.57. The van der Waals surface area contributed by atoms with Gasteiger partial charge in [0.05, 0.1) is 10.6 Å². The van der Waals surface area contributed by atoms with Crippen LogP contribution in [0.2, 0.25) is 5.02 Å². The van der Waals surface area contributed by atoms with Crippen molar-refractivity contribution in [2.24, 2.45) is 0 Å². The standard InChI is InChI=1S/C23H21ClN2O3S/c1-16-12-18-7-2-3-11-22(18)26(16)30(28,29)21-10-5-8-19(14-21)23(27)25-15-17-6-4-9-20(24)13-17/h2-11,13-14,16H,12,15H2,1H3,(H,25,27)/t16-/m1/s1. The number of sulfonamides is 1. The maximum absolute atomic E-state index is 13.4. The lowest BCUT2D eigenvalue weighted by molar-refractivity contribution is 0.0950. The highest BCUT2D eigenvalue weighted by Crippen LogP contribution is 2.36. The fourth-order valence-corrected chi connectivity index (χ4v) is 5.70. The summed E-state index contributed by atoms with van der Waals surface area (Å²) >= 11 is 5.97. The van der Waals surface area contributed by atoms with Gasteiger partial charge < -0.3 is 5.32 Å². The lowest BCUT2D eigenvalue weighted by Crippen LogP contribution is -2.35. The Labute approximate surface area is 181 Å². The summed E-state index contributed by atoms with van der Waals surface area (Å²) in [5, 5.41) is 3.40. The molecule has 1 atom stereocenters. The third-order valence-corrected chi connectivity index (χ3v) is 7.30. The first kappa shape index (κ1) is 20.4. The molecule has 5 nitrogen and oxygen atoms in total. The van der Waals surface area contributed by atoms with Crippen molar-refractivity contribution >= 4 is 33.2 Å². The lowest BCUT2D eigenvalue weighted by atomic mass is 10.1. The van der Waals surface area contributed by atoms with Gasteiger partial charge in [-0.15, -0.1) is 0 Å². The van der Waals surface area contributed by atoms with Gasteiger partial charge in [-0.1, -0.05) is 48.0 Å². The Morgan fingerprint density at radius 2 is 1.83 bits per heavy atom. The van der Waals surface area contributed by atoms with E-state index in [0.717, 1.165) is 11.1 Å². The molecule has 1 aliphatic heterocycles. The highest BCUT2D eigenvalue weighted by molar-refractivity contribution is 7.92. The van der Waals surface area contributed by atoms with Crippen LogP contribution >= 0.6 is 11.6 Å². The fourth-order valence-electron chi connectivity index (χ4n) is 3.75. The molecular weight excluding hydrogens is 420 g/mol. The topological polar surface area (TPSA) is 66.5 Å². The van der Waals surface area contributed by atoms with Gasteiger partial charge in [0, 0.05) is 23.2 Å². The van der Waals surface area contributed by atoms with E-state index in [2.05, 4.69) is 5.32 Å². The molecule has 0 aromatic heterocycles. The quantitative estimate of drug-likeness (QED) is 0.639. The SMILES string of the molecule is C[C@@H]1Cc2ccccc2N1S(=O)(=O)c1cccc(C(=O)NCc2cccc(Cl)c2)c1. The second-order valence-electron chi connectivity index (χ2n) is 7.32. The Morgan fingerprint density at radius 1 is 1.07 bits per heavy atom. The first-order valence-corrected chi connectivity index (χ1v) is 11.4. The predicted octanol–water partition coefficient (Wildman–Crippen LogP) is 4.41. The zero-order chi connectivity index (χ0) is 21.3. The van der Waals surface area contributed by atoms with Crippen LogP contribution in [0.4, 0.5) is 5.69 Å². The van der Waals surface area contributed by atoms with E-state index in [-0.39, 0.29) is 16.8 Å². The summed E-state index contributed by atoms with van der Waals surface area (Å²) in [7, 11) is -3.79. The number of fused-ring (bicyclic) bond motifs is 1. The number of hydrogen-bond acceptors (Lipinski definition) is 3. The molecule has 1 heterocycles. The summed E-state index contributed by atoms with van der Waals surface area (Å²) in [6.45, 7) is 2.19. The zero-order valence-electron chi connectivity index (χ0n) is 16.4. The van der Waals surface area contributed by atoms with E-state index in [4.69, 9.17) is 11.6 Å². The van der Waals surface area contributed by atoms with E-state index in [9.17, 15) is 13.2 Å². The fraction of sp³-hybridized carbons (Fsp3) is 0.174. The number of halogens is 1. The van der Waals surface area contributed by atoms with Crippen LogP contribution in [-0.2, 0) is 23.0 Å². The molecule has 30 heavy (non-hydrogen) atoms. The minimum absolute atomic E-state index is 0.0986. The number of amides is 1. The molecule has 1 aliphatic rings. The summed E-state index contributed by atoms with van der Waals surface area (Å²) < 4.78 is 28.2. The van der Waals surface area contributed by atoms with E-state index in [1.54, 1.807) is 24.3 Å². The number of anilines is 1. The van der Waals surface area contributed by atoms with Gasteiger partial charge in [-0.2, -0.15) is 0 Å². The lowest BCUT2D eigenvalue weighted by Gasteiger charge is -2.24. The molecule has 1 amide bonds. The Morgan fingerprint density at radius 3 is 2.63 bits per heavy atom. The molecule has 0 spiro atoms. The van der Waals surface area contributed by atoms with Crippen molar-refractivity contribution in [2.75, 3.05) is 4.31 Å². The molecule has 0 radical (unpaired) electrons. The van der Waals surface area contributed by atoms with Crippen LogP contribution in [0.3, 0.4) is 0 Å². The molecule has 0 fully saturated rings. The van der Waals surface area contributed by atoms with E-state index in [1.807, 2.05) is 43.3 Å². The van der Waals surface area contributed by atoms with Gasteiger partial charge in [-0.05, 0) is 60.9 Å². The molecule has 0 saturated heterocycles. The first-order valence-electron chi connectivity index (χ1n) is 9.61. The van der Waals surface area contributed by atoms with Gasteiger partial charge in [0.25, 0.3) is 15.9 Å². The largest absolute Gasteiger partial charge is 0.348 e. The van der Waals surface area contributed by atoms with Gasteiger partial charge in [0.15, 0.2) is 0 Å². The Bertz CT molecular complexity index is 1210. The average Bonchev–Trinajstić information content (AvgIpc) is 3.08. The molecule has 3 aromatic rings. The van der Waals surface area contributed by atoms with Crippen LogP contribution in [0.5, 0.6) is 0 Å². The van der Waals surface area contributed by atoms with E-state index >= 15 is 0 Å². The highest BCUT2D eigenvalue weighted by Gasteiger charge is 2.36. The maximum Gasteiger partial charge on any atom is 0.264 e. The van der Waals surface area contributed by atoms with E-state index in [1.165, 1.54) is 16.4 Å². The Balaban J connectivity index is 1.57. The molecule has 3 aromatic carbocycles. The zero-order valence-corrected chi connectivity index (χ0v) is 18.0. The Hall–Kier alpha value is -2.83. The van der Waals surface area contributed by atoms with Gasteiger partial charge in [-0.3, -0.25) is 9.10 Å². The van der Waals surface area contributed by atoms with Crippen LogP contribution in [0, 0.1) is 0 Å². The third kappa shape index (κ3) is 3.93. The van der Waals surface area contributed by atoms with Gasteiger partial charge in [0.1, 0.15) is 0 Å². The van der Waals surface area contributed by atoms with Crippen molar-refractivity contribution in [3.05, 3.63) is 94.5 Å². The second kappa shape index (κ2) is 8.13. The Kier molecular flexibility index (Phi) is 5.54. The van der Waals surface area contributed by atoms with Crippen molar-refractivity contribution in [2.45, 2.75) is 30.8 Å². The van der Waals surface area contributed by atoms with Crippen LogP contribution < -0.4 is 9.62 Å². The highest BCUT2D eigenvalue weighted by atomic mass is 35.5. The summed E-state index contributed by atoms with van der Waals surface area (Å²) in [4.78, 5) is 12.7. The number of hydrogen-bond donors (Lipinski definition) is 1.